The molecule has 4 aliphatic rings. The van der Waals surface area contributed by atoms with Crippen LogP contribution >= 0.6 is 0 Å². The van der Waals surface area contributed by atoms with E-state index in [2.05, 4.69) is 51.2 Å². The number of allylic oxidation sites excluding steroid dienone is 4. The SMILES string of the molecule is C[C@H](/C=C/[C@H](C)C(C)(C)O)[C@H]1CC[C@H]2/C(=C/[C@@H](CO)[C@@]34C=CC[C@@H]3C4)CCC[C@]12C. The minimum atomic E-state index is -0.660. The Morgan fingerprint density at radius 1 is 1.23 bits per heavy atom. The van der Waals surface area contributed by atoms with Gasteiger partial charge in [0.05, 0.1) is 12.2 Å². The lowest BCUT2D eigenvalue weighted by molar-refractivity contribution is 0.0436. The van der Waals surface area contributed by atoms with Crippen molar-refractivity contribution >= 4 is 0 Å². The predicted molar refractivity (Wildman–Crippen MR) is 125 cm³/mol. The van der Waals surface area contributed by atoms with Crippen molar-refractivity contribution in [3.8, 4) is 0 Å². The van der Waals surface area contributed by atoms with Crippen LogP contribution in [0.2, 0.25) is 0 Å². The highest BCUT2D eigenvalue weighted by atomic mass is 16.3. The van der Waals surface area contributed by atoms with E-state index in [1.807, 2.05) is 13.8 Å². The summed E-state index contributed by atoms with van der Waals surface area (Å²) in [6.07, 6.45) is 20.9. The van der Waals surface area contributed by atoms with Crippen LogP contribution in [-0.2, 0) is 0 Å². The minimum absolute atomic E-state index is 0.169. The maximum absolute atomic E-state index is 10.3. The lowest BCUT2D eigenvalue weighted by Crippen LogP contribution is -2.36. The first kappa shape index (κ1) is 22.3. The van der Waals surface area contributed by atoms with Crippen molar-refractivity contribution in [2.24, 2.45) is 46.3 Å². The van der Waals surface area contributed by atoms with Gasteiger partial charge in [0.1, 0.15) is 0 Å². The molecule has 0 spiro atoms. The van der Waals surface area contributed by atoms with E-state index in [9.17, 15) is 10.2 Å². The molecule has 0 amide bonds. The highest BCUT2D eigenvalue weighted by Crippen LogP contribution is 2.65. The first-order valence-corrected chi connectivity index (χ1v) is 12.5. The molecule has 2 heteroatoms. The second-order valence-corrected chi connectivity index (χ2v) is 12.0. The molecule has 30 heavy (non-hydrogen) atoms. The zero-order valence-corrected chi connectivity index (χ0v) is 19.9. The van der Waals surface area contributed by atoms with Gasteiger partial charge in [-0.15, -0.1) is 0 Å². The van der Waals surface area contributed by atoms with Crippen LogP contribution in [0, 0.1) is 46.3 Å². The zero-order valence-electron chi connectivity index (χ0n) is 19.9. The van der Waals surface area contributed by atoms with E-state index >= 15 is 0 Å². The van der Waals surface area contributed by atoms with Crippen LogP contribution in [0.25, 0.3) is 0 Å². The van der Waals surface area contributed by atoms with E-state index in [1.54, 1.807) is 5.57 Å². The zero-order chi connectivity index (χ0) is 21.7. The summed E-state index contributed by atoms with van der Waals surface area (Å²) in [6, 6.07) is 0. The van der Waals surface area contributed by atoms with Crippen molar-refractivity contribution in [1.29, 1.82) is 0 Å². The van der Waals surface area contributed by atoms with Gasteiger partial charge >= 0.3 is 0 Å². The summed E-state index contributed by atoms with van der Waals surface area (Å²) < 4.78 is 0. The number of rotatable bonds is 7. The molecule has 0 saturated heterocycles. The Hall–Kier alpha value is -0.860. The maximum Gasteiger partial charge on any atom is 0.0651 e. The lowest BCUT2D eigenvalue weighted by atomic mass is 9.60. The van der Waals surface area contributed by atoms with Crippen LogP contribution in [0.5, 0.6) is 0 Å². The van der Waals surface area contributed by atoms with Crippen molar-refractivity contribution in [2.45, 2.75) is 85.2 Å². The number of aliphatic hydroxyl groups excluding tert-OH is 1. The van der Waals surface area contributed by atoms with Crippen molar-refractivity contribution in [1.82, 2.24) is 0 Å². The molecule has 168 valence electrons. The third-order valence-electron chi connectivity index (χ3n) is 9.84. The number of fused-ring (bicyclic) bond motifs is 2. The van der Waals surface area contributed by atoms with Gasteiger partial charge in [-0.05, 0) is 87.9 Å². The molecule has 3 saturated carbocycles. The highest BCUT2D eigenvalue weighted by molar-refractivity contribution is 5.30. The van der Waals surface area contributed by atoms with Gasteiger partial charge in [0.25, 0.3) is 0 Å². The van der Waals surface area contributed by atoms with Crippen LogP contribution in [0.3, 0.4) is 0 Å². The van der Waals surface area contributed by atoms with Gasteiger partial charge in [-0.3, -0.25) is 0 Å². The Bertz CT molecular complexity index is 725. The molecule has 0 aromatic heterocycles. The van der Waals surface area contributed by atoms with Crippen LogP contribution in [-0.4, -0.2) is 22.4 Å². The van der Waals surface area contributed by atoms with Crippen molar-refractivity contribution in [3.05, 3.63) is 36.0 Å². The first-order chi connectivity index (χ1) is 14.1. The Labute approximate surface area is 184 Å². The van der Waals surface area contributed by atoms with E-state index < -0.39 is 5.60 Å². The molecule has 0 aromatic carbocycles. The maximum atomic E-state index is 10.3. The van der Waals surface area contributed by atoms with Crippen LogP contribution < -0.4 is 0 Å². The van der Waals surface area contributed by atoms with Crippen molar-refractivity contribution < 1.29 is 10.2 Å². The molecular formula is C28H44O2. The van der Waals surface area contributed by atoms with Crippen molar-refractivity contribution in [2.75, 3.05) is 6.61 Å². The quantitative estimate of drug-likeness (QED) is 0.481. The smallest absolute Gasteiger partial charge is 0.0651 e. The average Bonchev–Trinajstić information content (AvgIpc) is 3.05. The van der Waals surface area contributed by atoms with Gasteiger partial charge < -0.3 is 10.2 Å². The molecule has 8 atom stereocenters. The third-order valence-corrected chi connectivity index (χ3v) is 9.84. The average molecular weight is 413 g/mol. The first-order valence-electron chi connectivity index (χ1n) is 12.5. The summed E-state index contributed by atoms with van der Waals surface area (Å²) in [6.45, 7) is 11.1. The van der Waals surface area contributed by atoms with Gasteiger partial charge in [0.2, 0.25) is 0 Å². The molecule has 3 fully saturated rings. The summed E-state index contributed by atoms with van der Waals surface area (Å²) >= 11 is 0. The third kappa shape index (κ3) is 3.77. The van der Waals surface area contributed by atoms with Crippen LogP contribution in [0.15, 0.2) is 36.0 Å². The predicted octanol–water partition coefficient (Wildman–Crippen LogP) is 6.30. The van der Waals surface area contributed by atoms with Gasteiger partial charge in [-0.25, -0.2) is 0 Å². The minimum Gasteiger partial charge on any atom is -0.396 e. The van der Waals surface area contributed by atoms with Crippen molar-refractivity contribution in [3.63, 3.8) is 0 Å². The number of aliphatic hydroxyl groups is 2. The molecule has 0 unspecified atom stereocenters. The normalized spacial score (nSPS) is 42.4. The van der Waals surface area contributed by atoms with Gasteiger partial charge in [0, 0.05) is 17.3 Å². The summed E-state index contributed by atoms with van der Waals surface area (Å²) in [5, 5.41) is 20.5. The van der Waals surface area contributed by atoms with E-state index in [4.69, 9.17) is 0 Å². The Kier molecular flexibility index (Phi) is 5.90. The van der Waals surface area contributed by atoms with Gasteiger partial charge in [0.15, 0.2) is 0 Å². The van der Waals surface area contributed by atoms with Crippen LogP contribution in [0.1, 0.15) is 79.6 Å². The number of hydrogen-bond acceptors (Lipinski definition) is 2. The molecule has 4 aliphatic carbocycles. The highest BCUT2D eigenvalue weighted by Gasteiger charge is 2.58. The molecule has 0 bridgehead atoms. The van der Waals surface area contributed by atoms with Crippen LogP contribution in [0.4, 0.5) is 0 Å². The lowest BCUT2D eigenvalue weighted by Gasteiger charge is -2.44. The Balaban J connectivity index is 1.50. The second-order valence-electron chi connectivity index (χ2n) is 12.0. The summed E-state index contributed by atoms with van der Waals surface area (Å²) in [4.78, 5) is 0. The monoisotopic (exact) mass is 412 g/mol. The molecule has 0 radical (unpaired) electrons. The summed E-state index contributed by atoms with van der Waals surface area (Å²) in [5.74, 6) is 3.22. The second kappa shape index (κ2) is 7.93. The fourth-order valence-corrected chi connectivity index (χ4v) is 7.40. The number of hydrogen-bond donors (Lipinski definition) is 2. The van der Waals surface area contributed by atoms with E-state index in [0.717, 1.165) is 5.92 Å². The fraction of sp³-hybridized carbons (Fsp3) is 0.786. The summed E-state index contributed by atoms with van der Waals surface area (Å²) in [5.41, 5.74) is 1.66. The fourth-order valence-electron chi connectivity index (χ4n) is 7.40. The molecule has 2 nitrogen and oxygen atoms in total. The molecule has 4 rings (SSSR count). The summed E-state index contributed by atoms with van der Waals surface area (Å²) in [7, 11) is 0. The Morgan fingerprint density at radius 3 is 2.60 bits per heavy atom. The molecule has 0 aromatic rings. The molecule has 2 N–H and O–H groups in total. The molecule has 0 aliphatic heterocycles. The van der Waals surface area contributed by atoms with E-state index in [0.29, 0.717) is 35.7 Å². The molecular weight excluding hydrogens is 368 g/mol. The van der Waals surface area contributed by atoms with E-state index in [-0.39, 0.29) is 11.3 Å². The van der Waals surface area contributed by atoms with Gasteiger partial charge in [-0.1, -0.05) is 56.7 Å². The van der Waals surface area contributed by atoms with E-state index in [1.165, 1.54) is 44.9 Å². The van der Waals surface area contributed by atoms with Gasteiger partial charge in [-0.2, -0.15) is 0 Å². The molecule has 0 heterocycles. The standard InChI is InChI=1S/C28H44O2/c1-19(10-11-20(2)26(3,4)30)24-12-13-25-21(8-6-14-27(24,25)5)16-23(18-29)28-15-7-9-22(28)17-28/h7,10-11,15-16,19-20,22-25,29-30H,6,8-9,12-14,17-18H2,1-5H3/b11-10+,21-16+/t19-,20+,22-,23+,24-,25+,27-,28-/m1/s1. The largest absolute Gasteiger partial charge is 0.396 e. The Morgan fingerprint density at radius 2 is 2.00 bits per heavy atom. The topological polar surface area (TPSA) is 40.5 Å².